The Balaban J connectivity index is 2.91. The highest BCUT2D eigenvalue weighted by Crippen LogP contribution is 2.23. The first-order valence-corrected chi connectivity index (χ1v) is 7.69. The summed E-state index contributed by atoms with van der Waals surface area (Å²) in [4.78, 5) is 11.3. The molecule has 0 bridgehead atoms. The summed E-state index contributed by atoms with van der Waals surface area (Å²) in [5.74, 6) is -3.72. The van der Waals surface area contributed by atoms with Crippen LogP contribution >= 0.6 is 11.6 Å². The van der Waals surface area contributed by atoms with E-state index in [-0.39, 0.29) is 11.8 Å². The predicted octanol–water partition coefficient (Wildman–Crippen LogP) is 2.89. The molecule has 0 aliphatic heterocycles. The molecular formula is C12H14ClF2NO3S. The largest absolute Gasteiger partial charge is 0.341 e. The van der Waals surface area contributed by atoms with Crippen molar-refractivity contribution in [3.63, 3.8) is 0 Å². The molecule has 0 aromatic heterocycles. The lowest BCUT2D eigenvalue weighted by Crippen LogP contribution is -2.32. The number of rotatable bonds is 5. The van der Waals surface area contributed by atoms with Gasteiger partial charge in [0.15, 0.2) is 0 Å². The van der Waals surface area contributed by atoms with Crippen molar-refractivity contribution in [3.05, 3.63) is 24.3 Å². The van der Waals surface area contributed by atoms with Crippen LogP contribution in [0.2, 0.25) is 0 Å². The number of benzene rings is 1. The van der Waals surface area contributed by atoms with Gasteiger partial charge in [0.1, 0.15) is 0 Å². The molecule has 112 valence electrons. The molecule has 0 fully saturated rings. The molecule has 0 radical (unpaired) electrons. The Morgan fingerprint density at radius 2 is 1.80 bits per heavy atom. The van der Waals surface area contributed by atoms with E-state index in [1.807, 2.05) is 0 Å². The van der Waals surface area contributed by atoms with Gasteiger partial charge in [0, 0.05) is 11.6 Å². The molecule has 0 unspecified atom stereocenters. The van der Waals surface area contributed by atoms with Gasteiger partial charge < -0.3 is 5.32 Å². The third-order valence-electron chi connectivity index (χ3n) is 2.62. The van der Waals surface area contributed by atoms with E-state index in [1.165, 1.54) is 12.1 Å². The maximum absolute atomic E-state index is 12.3. The summed E-state index contributed by atoms with van der Waals surface area (Å²) in [6, 6.07) is 4.53. The molecule has 8 heteroatoms. The van der Waals surface area contributed by atoms with Crippen LogP contribution in [0.1, 0.15) is 13.8 Å². The van der Waals surface area contributed by atoms with Gasteiger partial charge in [0.2, 0.25) is 15.7 Å². The van der Waals surface area contributed by atoms with E-state index in [9.17, 15) is 22.0 Å². The van der Waals surface area contributed by atoms with E-state index in [0.29, 0.717) is 5.69 Å². The Labute approximate surface area is 121 Å². The lowest BCUT2D eigenvalue weighted by atomic mass is 9.95. The van der Waals surface area contributed by atoms with Gasteiger partial charge in [-0.15, -0.1) is 11.6 Å². The van der Waals surface area contributed by atoms with Gasteiger partial charge in [-0.2, -0.15) is 8.78 Å². The van der Waals surface area contributed by atoms with Crippen molar-refractivity contribution in [2.75, 3.05) is 11.2 Å². The normalized spacial score (nSPS) is 12.5. The number of carbonyl (C=O) groups is 1. The molecule has 4 nitrogen and oxygen atoms in total. The average molecular weight is 326 g/mol. The second kappa shape index (κ2) is 6.05. The summed E-state index contributed by atoms with van der Waals surface area (Å²) < 4.78 is 47.1. The van der Waals surface area contributed by atoms with E-state index in [0.717, 1.165) is 12.1 Å². The molecule has 0 saturated heterocycles. The van der Waals surface area contributed by atoms with Gasteiger partial charge in [-0.25, -0.2) is 8.42 Å². The Morgan fingerprint density at radius 3 is 2.20 bits per heavy atom. The van der Waals surface area contributed by atoms with Crippen LogP contribution in [-0.2, 0) is 14.6 Å². The van der Waals surface area contributed by atoms with Crippen LogP contribution < -0.4 is 5.32 Å². The predicted molar refractivity (Wildman–Crippen MR) is 72.8 cm³/mol. The SMILES string of the molecule is CC(C)(CCl)C(=O)Nc1ccc(S(=O)(=O)C(F)F)cc1. The summed E-state index contributed by atoms with van der Waals surface area (Å²) in [5.41, 5.74) is -0.489. The van der Waals surface area contributed by atoms with Crippen molar-refractivity contribution in [2.45, 2.75) is 24.5 Å². The van der Waals surface area contributed by atoms with Gasteiger partial charge in [0.25, 0.3) is 0 Å². The van der Waals surface area contributed by atoms with Crippen LogP contribution in [-0.4, -0.2) is 26.0 Å². The fourth-order valence-corrected chi connectivity index (χ4v) is 2.03. The van der Waals surface area contributed by atoms with Crippen molar-refractivity contribution >= 4 is 33.0 Å². The number of carbonyl (C=O) groups excluding carboxylic acids is 1. The Bertz CT molecular complexity index is 585. The first-order chi connectivity index (χ1) is 9.11. The number of sulfone groups is 1. The topological polar surface area (TPSA) is 63.2 Å². The van der Waals surface area contributed by atoms with Crippen molar-refractivity contribution in [1.29, 1.82) is 0 Å². The number of hydrogen-bond acceptors (Lipinski definition) is 3. The van der Waals surface area contributed by atoms with Crippen LogP contribution in [0, 0.1) is 5.41 Å². The summed E-state index contributed by atoms with van der Waals surface area (Å²) in [5, 5.41) is 2.54. The molecule has 0 spiro atoms. The smallest absolute Gasteiger partial charge is 0.326 e. The highest BCUT2D eigenvalue weighted by atomic mass is 35.5. The Morgan fingerprint density at radius 1 is 1.30 bits per heavy atom. The molecule has 0 heterocycles. The number of hydrogen-bond donors (Lipinski definition) is 1. The molecule has 1 amide bonds. The third kappa shape index (κ3) is 3.67. The van der Waals surface area contributed by atoms with Gasteiger partial charge >= 0.3 is 5.76 Å². The second-order valence-corrected chi connectivity index (χ2v) is 6.99. The lowest BCUT2D eigenvalue weighted by molar-refractivity contribution is -0.122. The number of halogens is 3. The summed E-state index contributed by atoms with van der Waals surface area (Å²) >= 11 is 5.65. The quantitative estimate of drug-likeness (QED) is 0.847. The average Bonchev–Trinajstić information content (AvgIpc) is 2.39. The molecule has 0 aliphatic rings. The molecule has 20 heavy (non-hydrogen) atoms. The molecule has 0 atom stereocenters. The highest BCUT2D eigenvalue weighted by molar-refractivity contribution is 7.91. The second-order valence-electron chi connectivity index (χ2n) is 4.80. The standard InChI is InChI=1S/C12H14ClF2NO3S/c1-12(2,7-13)10(17)16-8-3-5-9(6-4-8)20(18,19)11(14)15/h3-6,11H,7H2,1-2H3,(H,16,17). The van der Waals surface area contributed by atoms with Crippen molar-refractivity contribution < 1.29 is 22.0 Å². The van der Waals surface area contributed by atoms with Gasteiger partial charge in [0.05, 0.1) is 10.3 Å². The van der Waals surface area contributed by atoms with E-state index < -0.39 is 25.9 Å². The third-order valence-corrected chi connectivity index (χ3v) is 4.69. The van der Waals surface area contributed by atoms with E-state index in [1.54, 1.807) is 13.8 Å². The zero-order valence-electron chi connectivity index (χ0n) is 10.9. The molecule has 1 aromatic carbocycles. The molecule has 1 rings (SSSR count). The highest BCUT2D eigenvalue weighted by Gasteiger charge is 2.28. The monoisotopic (exact) mass is 325 g/mol. The molecule has 1 N–H and O–H groups in total. The fourth-order valence-electron chi connectivity index (χ4n) is 1.19. The minimum Gasteiger partial charge on any atom is -0.326 e. The number of alkyl halides is 3. The Kier molecular flexibility index (Phi) is 5.10. The molecule has 0 saturated carbocycles. The molecule has 0 aliphatic carbocycles. The van der Waals surface area contributed by atoms with Gasteiger partial charge in [-0.1, -0.05) is 0 Å². The Hall–Kier alpha value is -1.21. The van der Waals surface area contributed by atoms with Gasteiger partial charge in [-0.05, 0) is 38.1 Å². The van der Waals surface area contributed by atoms with E-state index in [4.69, 9.17) is 11.6 Å². The van der Waals surface area contributed by atoms with Crippen LogP contribution in [0.25, 0.3) is 0 Å². The van der Waals surface area contributed by atoms with Crippen LogP contribution in [0.4, 0.5) is 14.5 Å². The molecular weight excluding hydrogens is 312 g/mol. The maximum atomic E-state index is 12.3. The van der Waals surface area contributed by atoms with Crippen molar-refractivity contribution in [3.8, 4) is 0 Å². The zero-order chi connectivity index (χ0) is 15.6. The minimum absolute atomic E-state index is 0.108. The van der Waals surface area contributed by atoms with Crippen LogP contribution in [0.15, 0.2) is 29.2 Å². The van der Waals surface area contributed by atoms with Crippen molar-refractivity contribution in [2.24, 2.45) is 5.41 Å². The summed E-state index contributed by atoms with van der Waals surface area (Å²) in [6.45, 7) is 3.29. The molecule has 1 aromatic rings. The summed E-state index contributed by atoms with van der Waals surface area (Å²) in [6.07, 6.45) is 0. The zero-order valence-corrected chi connectivity index (χ0v) is 12.4. The fraction of sp³-hybridized carbons (Fsp3) is 0.417. The summed E-state index contributed by atoms with van der Waals surface area (Å²) in [7, 11) is -4.62. The maximum Gasteiger partial charge on any atom is 0.341 e. The van der Waals surface area contributed by atoms with E-state index >= 15 is 0 Å². The number of anilines is 1. The number of nitrogens with one attached hydrogen (secondary N) is 1. The first kappa shape index (κ1) is 16.8. The minimum atomic E-state index is -4.62. The van der Waals surface area contributed by atoms with Crippen LogP contribution in [0.5, 0.6) is 0 Å². The first-order valence-electron chi connectivity index (χ1n) is 5.61. The van der Waals surface area contributed by atoms with Crippen LogP contribution in [0.3, 0.4) is 0 Å². The van der Waals surface area contributed by atoms with E-state index in [2.05, 4.69) is 5.32 Å². The van der Waals surface area contributed by atoms with Crippen molar-refractivity contribution in [1.82, 2.24) is 0 Å². The lowest BCUT2D eigenvalue weighted by Gasteiger charge is -2.20. The van der Waals surface area contributed by atoms with Gasteiger partial charge in [-0.3, -0.25) is 4.79 Å². The number of amides is 1.